The van der Waals surface area contributed by atoms with E-state index in [2.05, 4.69) is 17.0 Å². The van der Waals surface area contributed by atoms with Crippen LogP contribution in [0.2, 0.25) is 5.02 Å². The van der Waals surface area contributed by atoms with E-state index in [1.165, 1.54) is 0 Å². The van der Waals surface area contributed by atoms with Crippen LogP contribution in [0.1, 0.15) is 27.3 Å². The Labute approximate surface area is 151 Å². The van der Waals surface area contributed by atoms with E-state index >= 15 is 0 Å². The van der Waals surface area contributed by atoms with Crippen LogP contribution < -0.4 is 5.32 Å². The van der Waals surface area contributed by atoms with Gasteiger partial charge in [-0.25, -0.2) is 4.79 Å². The van der Waals surface area contributed by atoms with Gasteiger partial charge >= 0.3 is 5.97 Å². The standard InChI is InChI=1S/C18H20ClN3O3/c1-4-9-20-16(23)11-25-18(24)17-12(2)21-22(13(17)3)10-14-7-5-6-8-15(14)19/h4-8H,1,9-11H2,2-3H3,(H,20,23). The van der Waals surface area contributed by atoms with Crippen LogP contribution in [-0.4, -0.2) is 34.8 Å². The molecule has 0 saturated heterocycles. The van der Waals surface area contributed by atoms with Gasteiger partial charge in [-0.2, -0.15) is 5.10 Å². The molecule has 2 aromatic rings. The van der Waals surface area contributed by atoms with Gasteiger partial charge in [0, 0.05) is 11.6 Å². The minimum absolute atomic E-state index is 0.324. The summed E-state index contributed by atoms with van der Waals surface area (Å²) in [7, 11) is 0. The summed E-state index contributed by atoms with van der Waals surface area (Å²) in [5.74, 6) is -0.957. The van der Waals surface area contributed by atoms with Gasteiger partial charge in [-0.1, -0.05) is 35.9 Å². The molecule has 0 aliphatic carbocycles. The molecule has 0 spiro atoms. The SMILES string of the molecule is C=CCNC(=O)COC(=O)c1c(C)nn(Cc2ccccc2Cl)c1C. The van der Waals surface area contributed by atoms with Crippen LogP contribution in [0.4, 0.5) is 0 Å². The Morgan fingerprint density at radius 1 is 1.36 bits per heavy atom. The maximum Gasteiger partial charge on any atom is 0.342 e. The zero-order valence-corrected chi connectivity index (χ0v) is 15.0. The first-order chi connectivity index (χ1) is 11.9. The lowest BCUT2D eigenvalue weighted by molar-refractivity contribution is -0.124. The largest absolute Gasteiger partial charge is 0.452 e. The topological polar surface area (TPSA) is 73.2 Å². The minimum Gasteiger partial charge on any atom is -0.452 e. The van der Waals surface area contributed by atoms with E-state index in [0.717, 1.165) is 5.56 Å². The second-order valence-electron chi connectivity index (χ2n) is 5.46. The van der Waals surface area contributed by atoms with Gasteiger partial charge in [-0.05, 0) is 25.5 Å². The Balaban J connectivity index is 2.10. The van der Waals surface area contributed by atoms with Gasteiger partial charge in [0.2, 0.25) is 0 Å². The smallest absolute Gasteiger partial charge is 0.342 e. The fourth-order valence-electron chi connectivity index (χ4n) is 2.37. The lowest BCUT2D eigenvalue weighted by Crippen LogP contribution is -2.29. The summed E-state index contributed by atoms with van der Waals surface area (Å²) in [4.78, 5) is 23.8. The van der Waals surface area contributed by atoms with Crippen molar-refractivity contribution in [1.29, 1.82) is 0 Å². The van der Waals surface area contributed by atoms with Gasteiger partial charge in [0.25, 0.3) is 5.91 Å². The molecule has 1 amide bonds. The van der Waals surface area contributed by atoms with Crippen molar-refractivity contribution >= 4 is 23.5 Å². The summed E-state index contributed by atoms with van der Waals surface area (Å²) < 4.78 is 6.77. The number of aromatic nitrogens is 2. The van der Waals surface area contributed by atoms with Gasteiger partial charge in [0.05, 0.1) is 17.9 Å². The molecule has 2 rings (SSSR count). The molecule has 0 aliphatic rings. The van der Waals surface area contributed by atoms with Crippen molar-refractivity contribution in [2.75, 3.05) is 13.2 Å². The third-order valence-corrected chi connectivity index (χ3v) is 4.01. The number of esters is 1. The van der Waals surface area contributed by atoms with Crippen molar-refractivity contribution in [3.8, 4) is 0 Å². The Hall–Kier alpha value is -2.60. The Morgan fingerprint density at radius 3 is 2.76 bits per heavy atom. The van der Waals surface area contributed by atoms with E-state index in [9.17, 15) is 9.59 Å². The van der Waals surface area contributed by atoms with Crippen molar-refractivity contribution < 1.29 is 14.3 Å². The fraction of sp³-hybridized carbons (Fsp3) is 0.278. The fourth-order valence-corrected chi connectivity index (χ4v) is 2.57. The van der Waals surface area contributed by atoms with Crippen molar-refractivity contribution in [1.82, 2.24) is 15.1 Å². The Kier molecular flexibility index (Phi) is 6.36. The van der Waals surface area contributed by atoms with E-state index in [-0.39, 0.29) is 12.5 Å². The van der Waals surface area contributed by atoms with Crippen molar-refractivity contribution in [3.63, 3.8) is 0 Å². The zero-order chi connectivity index (χ0) is 18.4. The van der Waals surface area contributed by atoms with Crippen LogP contribution in [-0.2, 0) is 16.1 Å². The van der Waals surface area contributed by atoms with Gasteiger partial charge in [0.1, 0.15) is 5.56 Å². The second-order valence-corrected chi connectivity index (χ2v) is 5.87. The van der Waals surface area contributed by atoms with Gasteiger partial charge in [-0.15, -0.1) is 6.58 Å². The maximum atomic E-state index is 12.3. The van der Waals surface area contributed by atoms with Crippen LogP contribution in [0.25, 0.3) is 0 Å². The number of hydrogen-bond acceptors (Lipinski definition) is 4. The van der Waals surface area contributed by atoms with E-state index in [1.54, 1.807) is 30.7 Å². The highest BCUT2D eigenvalue weighted by molar-refractivity contribution is 6.31. The number of rotatable bonds is 7. The summed E-state index contributed by atoms with van der Waals surface area (Å²) >= 11 is 6.18. The van der Waals surface area contributed by atoms with Gasteiger partial charge in [0.15, 0.2) is 6.61 Å². The predicted molar refractivity (Wildman–Crippen MR) is 95.7 cm³/mol. The monoisotopic (exact) mass is 361 g/mol. The molecular weight excluding hydrogens is 342 g/mol. The average molecular weight is 362 g/mol. The number of hydrogen-bond donors (Lipinski definition) is 1. The molecule has 132 valence electrons. The normalized spacial score (nSPS) is 10.4. The number of nitrogens with one attached hydrogen (secondary N) is 1. The molecule has 0 aliphatic heterocycles. The number of ether oxygens (including phenoxy) is 1. The first-order valence-corrected chi connectivity index (χ1v) is 8.14. The molecule has 0 bridgehead atoms. The zero-order valence-electron chi connectivity index (χ0n) is 14.2. The second kappa shape index (κ2) is 8.48. The molecule has 25 heavy (non-hydrogen) atoms. The molecule has 0 fully saturated rings. The highest BCUT2D eigenvalue weighted by atomic mass is 35.5. The Bertz CT molecular complexity index is 799. The summed E-state index contributed by atoms with van der Waals surface area (Å²) in [6.07, 6.45) is 1.55. The van der Waals surface area contributed by atoms with Crippen LogP contribution in [0, 0.1) is 13.8 Å². The maximum absolute atomic E-state index is 12.3. The van der Waals surface area contributed by atoms with Crippen LogP contribution in [0.3, 0.4) is 0 Å². The van der Waals surface area contributed by atoms with Crippen molar-refractivity contribution in [2.45, 2.75) is 20.4 Å². The van der Waals surface area contributed by atoms with E-state index in [4.69, 9.17) is 16.3 Å². The van der Waals surface area contributed by atoms with Crippen LogP contribution >= 0.6 is 11.6 Å². The van der Waals surface area contributed by atoms with Gasteiger partial charge < -0.3 is 10.1 Å². The highest BCUT2D eigenvalue weighted by Gasteiger charge is 2.21. The van der Waals surface area contributed by atoms with Crippen LogP contribution in [0.5, 0.6) is 0 Å². The van der Waals surface area contributed by atoms with Gasteiger partial charge in [-0.3, -0.25) is 9.48 Å². The number of carbonyl (C=O) groups excluding carboxylic acids is 2. The van der Waals surface area contributed by atoms with Crippen molar-refractivity contribution in [2.24, 2.45) is 0 Å². The number of nitrogens with zero attached hydrogens (tertiary/aromatic N) is 2. The highest BCUT2D eigenvalue weighted by Crippen LogP contribution is 2.20. The van der Waals surface area contributed by atoms with E-state index in [0.29, 0.717) is 35.1 Å². The van der Waals surface area contributed by atoms with E-state index < -0.39 is 5.97 Å². The molecule has 0 saturated carbocycles. The number of halogens is 1. The molecule has 1 N–H and O–H groups in total. The number of benzene rings is 1. The third kappa shape index (κ3) is 4.70. The molecule has 1 aromatic heterocycles. The molecule has 7 heteroatoms. The summed E-state index contributed by atoms with van der Waals surface area (Å²) in [6, 6.07) is 7.46. The minimum atomic E-state index is -0.575. The summed E-state index contributed by atoms with van der Waals surface area (Å²) in [6.45, 7) is 7.43. The third-order valence-electron chi connectivity index (χ3n) is 3.64. The van der Waals surface area contributed by atoms with Crippen LogP contribution in [0.15, 0.2) is 36.9 Å². The molecular formula is C18H20ClN3O3. The molecule has 1 heterocycles. The van der Waals surface area contributed by atoms with Crippen molar-refractivity contribution in [3.05, 3.63) is 64.5 Å². The quantitative estimate of drug-likeness (QED) is 0.607. The lowest BCUT2D eigenvalue weighted by atomic mass is 10.2. The molecule has 0 atom stereocenters. The first-order valence-electron chi connectivity index (χ1n) is 7.76. The number of amides is 1. The number of aryl methyl sites for hydroxylation is 1. The molecule has 0 unspecified atom stereocenters. The summed E-state index contributed by atoms with van der Waals surface area (Å²) in [5.41, 5.74) is 2.47. The average Bonchev–Trinajstić information content (AvgIpc) is 2.86. The molecule has 1 aromatic carbocycles. The lowest BCUT2D eigenvalue weighted by Gasteiger charge is -2.08. The molecule has 6 nitrogen and oxygen atoms in total. The van der Waals surface area contributed by atoms with E-state index in [1.807, 2.05) is 18.2 Å². The summed E-state index contributed by atoms with van der Waals surface area (Å²) in [5, 5.41) is 7.57. The number of carbonyl (C=O) groups is 2. The Morgan fingerprint density at radius 2 is 2.08 bits per heavy atom. The first kappa shape index (κ1) is 18.7. The molecule has 0 radical (unpaired) electrons. The predicted octanol–water partition coefficient (Wildman–Crippen LogP) is 2.66.